The summed E-state index contributed by atoms with van der Waals surface area (Å²) < 4.78 is 11.9. The molecule has 0 bridgehead atoms. The van der Waals surface area contributed by atoms with E-state index in [9.17, 15) is 9.59 Å². The van der Waals surface area contributed by atoms with Crippen LogP contribution in [0.4, 0.5) is 5.69 Å². The quantitative estimate of drug-likeness (QED) is 0.615. The Morgan fingerprint density at radius 1 is 1.22 bits per heavy atom. The zero-order chi connectivity index (χ0) is 20.1. The van der Waals surface area contributed by atoms with Crippen molar-refractivity contribution in [3.63, 3.8) is 0 Å². The minimum absolute atomic E-state index is 0.0219. The zero-order valence-corrected chi connectivity index (χ0v) is 18.2. The van der Waals surface area contributed by atoms with E-state index in [0.29, 0.717) is 12.3 Å². The van der Waals surface area contributed by atoms with E-state index in [-0.39, 0.29) is 28.7 Å². The van der Waals surface area contributed by atoms with Crippen molar-refractivity contribution >= 4 is 39.1 Å². The second kappa shape index (κ2) is 9.53. The Labute approximate surface area is 172 Å². The summed E-state index contributed by atoms with van der Waals surface area (Å²) in [5.74, 6) is -0.110. The number of hydrogen-bond acceptors (Lipinski definition) is 4. The van der Waals surface area contributed by atoms with Crippen molar-refractivity contribution in [2.75, 3.05) is 11.9 Å². The molecule has 146 valence electrons. The number of hydrogen-bond donors (Lipinski definition) is 1. The largest absolute Gasteiger partial charge is 0.461 e. The average Bonchev–Trinajstić information content (AvgIpc) is 2.65. The predicted molar refractivity (Wildman–Crippen MR) is 111 cm³/mol. The van der Waals surface area contributed by atoms with Crippen LogP contribution in [0.25, 0.3) is 0 Å². The highest BCUT2D eigenvalue weighted by Gasteiger charge is 2.24. The molecule has 1 amide bonds. The first kappa shape index (κ1) is 21.7. The van der Waals surface area contributed by atoms with Crippen molar-refractivity contribution in [2.45, 2.75) is 47.1 Å². The number of aryl methyl sites for hydroxylation is 3. The molecular formula is C20H23BrClNO4. The molecule has 1 aromatic heterocycles. The Morgan fingerprint density at radius 3 is 2.33 bits per heavy atom. The van der Waals surface area contributed by atoms with E-state index >= 15 is 0 Å². The lowest BCUT2D eigenvalue weighted by Crippen LogP contribution is -2.26. The molecule has 0 atom stereocenters. The van der Waals surface area contributed by atoms with Crippen molar-refractivity contribution in [3.05, 3.63) is 60.1 Å². The fourth-order valence-corrected chi connectivity index (χ4v) is 3.51. The smallest absolute Gasteiger partial charge is 0.263 e. The van der Waals surface area contributed by atoms with Crippen LogP contribution in [0, 0.1) is 6.92 Å². The van der Waals surface area contributed by atoms with E-state index in [0.717, 1.165) is 28.4 Å². The number of amides is 1. The van der Waals surface area contributed by atoms with E-state index in [4.69, 9.17) is 20.8 Å². The lowest BCUT2D eigenvalue weighted by molar-refractivity contribution is 0.0982. The number of nitrogens with one attached hydrogen (secondary N) is 1. The first-order valence-corrected chi connectivity index (χ1v) is 10.0. The van der Waals surface area contributed by atoms with Crippen LogP contribution in [-0.4, -0.2) is 12.5 Å². The van der Waals surface area contributed by atoms with Crippen LogP contribution in [0.2, 0.25) is 5.02 Å². The summed E-state index contributed by atoms with van der Waals surface area (Å²) in [6, 6.07) is 3.92. The van der Waals surface area contributed by atoms with Gasteiger partial charge in [0.1, 0.15) is 28.7 Å². The standard InChI is InChI=1S/C20H23BrClNO4/c1-5-12-8-14(21)9-13(6-2)18(12)23-20(25)16-15(10-26-7-3)27-11(4)17(22)19(16)24/h8-9H,5-7,10H2,1-4H3,(H,23,25). The molecule has 1 N–H and O–H groups in total. The average molecular weight is 457 g/mol. The summed E-state index contributed by atoms with van der Waals surface area (Å²) in [5.41, 5.74) is 1.99. The van der Waals surface area contributed by atoms with Crippen molar-refractivity contribution in [1.29, 1.82) is 0 Å². The van der Waals surface area contributed by atoms with Gasteiger partial charge >= 0.3 is 0 Å². The highest BCUT2D eigenvalue weighted by atomic mass is 79.9. The molecule has 0 aliphatic carbocycles. The Kier molecular flexibility index (Phi) is 7.65. The summed E-state index contributed by atoms with van der Waals surface area (Å²) in [6.45, 7) is 7.87. The highest BCUT2D eigenvalue weighted by molar-refractivity contribution is 9.10. The lowest BCUT2D eigenvalue weighted by Gasteiger charge is -2.16. The molecule has 0 saturated heterocycles. The molecular weight excluding hydrogens is 434 g/mol. The molecule has 27 heavy (non-hydrogen) atoms. The molecule has 1 heterocycles. The Bertz CT molecular complexity index is 883. The van der Waals surface area contributed by atoms with Crippen LogP contribution in [0.15, 0.2) is 25.8 Å². The highest BCUT2D eigenvalue weighted by Crippen LogP contribution is 2.28. The first-order chi connectivity index (χ1) is 12.8. The maximum atomic E-state index is 13.0. The van der Waals surface area contributed by atoms with Crippen molar-refractivity contribution in [1.82, 2.24) is 0 Å². The summed E-state index contributed by atoms with van der Waals surface area (Å²) in [7, 11) is 0. The molecule has 0 fully saturated rings. The minimum Gasteiger partial charge on any atom is -0.461 e. The molecule has 0 aliphatic rings. The molecule has 7 heteroatoms. The van der Waals surface area contributed by atoms with Crippen LogP contribution < -0.4 is 10.7 Å². The lowest BCUT2D eigenvalue weighted by atomic mass is 10.0. The van der Waals surface area contributed by atoms with Gasteiger partial charge in [0.15, 0.2) is 0 Å². The Balaban J connectivity index is 2.54. The molecule has 0 radical (unpaired) electrons. The zero-order valence-electron chi connectivity index (χ0n) is 15.9. The van der Waals surface area contributed by atoms with E-state index < -0.39 is 11.3 Å². The van der Waals surface area contributed by atoms with E-state index in [1.165, 1.54) is 0 Å². The summed E-state index contributed by atoms with van der Waals surface area (Å²) in [5, 5.41) is 2.80. The van der Waals surface area contributed by atoms with Crippen LogP contribution in [0.1, 0.15) is 53.8 Å². The Hall–Kier alpha value is -1.63. The van der Waals surface area contributed by atoms with Crippen LogP contribution in [0.3, 0.4) is 0 Å². The normalized spacial score (nSPS) is 10.9. The molecule has 0 saturated carbocycles. The van der Waals surface area contributed by atoms with Crippen molar-refractivity contribution in [2.24, 2.45) is 0 Å². The second-order valence-electron chi connectivity index (χ2n) is 6.00. The topological polar surface area (TPSA) is 68.5 Å². The number of ether oxygens (including phenoxy) is 1. The monoisotopic (exact) mass is 455 g/mol. The third-order valence-corrected chi connectivity index (χ3v) is 5.12. The van der Waals surface area contributed by atoms with Crippen LogP contribution in [-0.2, 0) is 24.2 Å². The number of rotatable bonds is 7. The number of anilines is 1. The fourth-order valence-electron chi connectivity index (χ4n) is 2.82. The van der Waals surface area contributed by atoms with E-state index in [1.807, 2.05) is 32.9 Å². The van der Waals surface area contributed by atoms with Gasteiger partial charge < -0.3 is 14.5 Å². The maximum absolute atomic E-state index is 13.0. The molecule has 0 aliphatic heterocycles. The van der Waals surface area contributed by atoms with Crippen LogP contribution >= 0.6 is 27.5 Å². The van der Waals surface area contributed by atoms with Gasteiger partial charge in [-0.2, -0.15) is 0 Å². The van der Waals surface area contributed by atoms with Crippen molar-refractivity contribution in [3.8, 4) is 0 Å². The molecule has 5 nitrogen and oxygen atoms in total. The van der Waals surface area contributed by atoms with Crippen molar-refractivity contribution < 1.29 is 13.9 Å². The number of benzene rings is 1. The van der Waals surface area contributed by atoms with Gasteiger partial charge in [-0.3, -0.25) is 9.59 Å². The van der Waals surface area contributed by atoms with E-state index in [2.05, 4.69) is 21.2 Å². The molecule has 2 rings (SSSR count). The molecule has 0 spiro atoms. The third-order valence-electron chi connectivity index (χ3n) is 4.22. The predicted octanol–water partition coefficient (Wildman–Crippen LogP) is 5.28. The summed E-state index contributed by atoms with van der Waals surface area (Å²) >= 11 is 9.54. The maximum Gasteiger partial charge on any atom is 0.263 e. The summed E-state index contributed by atoms with van der Waals surface area (Å²) in [6.07, 6.45) is 1.47. The van der Waals surface area contributed by atoms with Gasteiger partial charge in [0, 0.05) is 16.8 Å². The van der Waals surface area contributed by atoms with Gasteiger partial charge in [0.05, 0.1) is 0 Å². The second-order valence-corrected chi connectivity index (χ2v) is 7.29. The van der Waals surface area contributed by atoms with Crippen LogP contribution in [0.5, 0.6) is 0 Å². The Morgan fingerprint density at radius 2 is 1.81 bits per heavy atom. The van der Waals surface area contributed by atoms with E-state index in [1.54, 1.807) is 6.92 Å². The van der Waals surface area contributed by atoms with Gasteiger partial charge in [0.2, 0.25) is 5.43 Å². The molecule has 1 aromatic carbocycles. The van der Waals surface area contributed by atoms with Gasteiger partial charge in [-0.15, -0.1) is 0 Å². The summed E-state index contributed by atoms with van der Waals surface area (Å²) in [4.78, 5) is 25.7. The number of halogens is 2. The van der Waals surface area contributed by atoms with Gasteiger partial charge in [-0.25, -0.2) is 0 Å². The fraction of sp³-hybridized carbons (Fsp3) is 0.400. The molecule has 0 unspecified atom stereocenters. The first-order valence-electron chi connectivity index (χ1n) is 8.86. The third kappa shape index (κ3) is 4.81. The van der Waals surface area contributed by atoms with Gasteiger partial charge in [0.25, 0.3) is 5.91 Å². The van der Waals surface area contributed by atoms with Gasteiger partial charge in [-0.05, 0) is 49.9 Å². The number of carbonyl (C=O) groups is 1. The minimum atomic E-state index is -0.555. The van der Waals surface area contributed by atoms with Gasteiger partial charge in [-0.1, -0.05) is 41.4 Å². The SMILES string of the molecule is CCOCc1oc(C)c(Cl)c(=O)c1C(=O)Nc1c(CC)cc(Br)cc1CC. The number of carbonyl (C=O) groups excluding carboxylic acids is 1. The molecule has 2 aromatic rings.